The van der Waals surface area contributed by atoms with Crippen molar-refractivity contribution < 1.29 is 4.79 Å². The first-order chi connectivity index (χ1) is 9.20. The zero-order valence-electron chi connectivity index (χ0n) is 11.2. The van der Waals surface area contributed by atoms with E-state index in [1.807, 2.05) is 36.4 Å². The molecule has 1 fully saturated rings. The predicted octanol–water partition coefficient (Wildman–Crippen LogP) is 3.88. The second-order valence-corrected chi connectivity index (χ2v) is 5.59. The molecule has 0 saturated heterocycles. The number of Topliss-reactive ketones (excluding diaryl/α,β-unsaturated/α-hetero) is 1. The van der Waals surface area contributed by atoms with Crippen LogP contribution in [0.3, 0.4) is 0 Å². The highest BCUT2D eigenvalue weighted by molar-refractivity contribution is 5.95. The van der Waals surface area contributed by atoms with E-state index in [4.69, 9.17) is 0 Å². The summed E-state index contributed by atoms with van der Waals surface area (Å²) >= 11 is 0. The van der Waals surface area contributed by atoms with Gasteiger partial charge < -0.3 is 0 Å². The molecule has 1 saturated carbocycles. The summed E-state index contributed by atoms with van der Waals surface area (Å²) in [6.45, 7) is 2.05. The maximum Gasteiger partial charge on any atom is 0.150 e. The summed E-state index contributed by atoms with van der Waals surface area (Å²) in [5, 5.41) is 0. The first-order valence-corrected chi connectivity index (χ1v) is 6.84. The topological polar surface area (TPSA) is 17.1 Å². The summed E-state index contributed by atoms with van der Waals surface area (Å²) < 4.78 is 0. The van der Waals surface area contributed by atoms with Gasteiger partial charge in [-0.05, 0) is 25.3 Å². The summed E-state index contributed by atoms with van der Waals surface area (Å²) in [5.41, 5.74) is 2.12. The molecule has 0 amide bonds. The van der Waals surface area contributed by atoms with Crippen molar-refractivity contribution >= 4 is 5.78 Å². The number of hydrogen-bond acceptors (Lipinski definition) is 1. The van der Waals surface area contributed by atoms with Gasteiger partial charge in [0.15, 0.2) is 0 Å². The number of allylic oxidation sites excluding steroid dienone is 6. The Morgan fingerprint density at radius 2 is 1.95 bits per heavy atom. The minimum absolute atomic E-state index is 0.120. The third-order valence-corrected chi connectivity index (χ3v) is 4.29. The fourth-order valence-corrected chi connectivity index (χ4v) is 3.13. The molecule has 0 aromatic heterocycles. The monoisotopic (exact) mass is 250 g/mol. The van der Waals surface area contributed by atoms with E-state index in [9.17, 15) is 4.79 Å². The predicted molar refractivity (Wildman–Crippen MR) is 77.7 cm³/mol. The standard InChI is InChI=1S/C18H18O/c1-18-11-7-3-6-10-16(18)13-15(17(18)19)12-14-8-4-2-5-9-14/h2-11,15H,12-13H2,1H3/t15-,18-/m1/s1. The number of benzene rings is 1. The van der Waals surface area contributed by atoms with E-state index in [0.29, 0.717) is 5.78 Å². The van der Waals surface area contributed by atoms with Gasteiger partial charge >= 0.3 is 0 Å². The van der Waals surface area contributed by atoms with Crippen LogP contribution in [-0.2, 0) is 11.2 Å². The molecule has 1 nitrogen and oxygen atoms in total. The zero-order chi connectivity index (χ0) is 13.3. The van der Waals surface area contributed by atoms with Gasteiger partial charge in [-0.2, -0.15) is 0 Å². The molecule has 2 atom stereocenters. The molecule has 1 heteroatoms. The SMILES string of the molecule is C[C@@]12C=CC=CC=C1C[C@@H](Cc1ccccc1)C2=O. The van der Waals surface area contributed by atoms with Crippen molar-refractivity contribution in [3.63, 3.8) is 0 Å². The maximum absolute atomic E-state index is 12.7. The van der Waals surface area contributed by atoms with Crippen LogP contribution < -0.4 is 0 Å². The van der Waals surface area contributed by atoms with Gasteiger partial charge in [0.05, 0.1) is 5.41 Å². The number of fused-ring (bicyclic) bond motifs is 1. The number of hydrogen-bond donors (Lipinski definition) is 0. The Morgan fingerprint density at radius 3 is 2.74 bits per heavy atom. The molecule has 2 aliphatic rings. The highest BCUT2D eigenvalue weighted by Gasteiger charge is 2.45. The number of carbonyl (C=O) groups excluding carboxylic acids is 1. The van der Waals surface area contributed by atoms with Crippen LogP contribution in [0.15, 0.2) is 66.3 Å². The average Bonchev–Trinajstić information content (AvgIpc) is 2.57. The molecule has 0 bridgehead atoms. The van der Waals surface area contributed by atoms with Crippen LogP contribution >= 0.6 is 0 Å². The van der Waals surface area contributed by atoms with E-state index in [1.54, 1.807) is 0 Å². The third-order valence-electron chi connectivity index (χ3n) is 4.29. The Labute approximate surface area is 114 Å². The quantitative estimate of drug-likeness (QED) is 0.778. The van der Waals surface area contributed by atoms with E-state index >= 15 is 0 Å². The number of rotatable bonds is 2. The highest BCUT2D eigenvalue weighted by Crippen LogP contribution is 2.45. The zero-order valence-corrected chi connectivity index (χ0v) is 11.2. The lowest BCUT2D eigenvalue weighted by atomic mass is 9.82. The van der Waals surface area contributed by atoms with Crippen molar-refractivity contribution in [3.8, 4) is 0 Å². The molecule has 1 aromatic carbocycles. The minimum Gasteiger partial charge on any atom is -0.298 e. The summed E-state index contributed by atoms with van der Waals surface area (Å²) in [6, 6.07) is 10.3. The van der Waals surface area contributed by atoms with Crippen molar-refractivity contribution in [2.24, 2.45) is 11.3 Å². The summed E-state index contributed by atoms with van der Waals surface area (Å²) in [5.74, 6) is 0.484. The van der Waals surface area contributed by atoms with Gasteiger partial charge in [0, 0.05) is 5.92 Å². The van der Waals surface area contributed by atoms with Crippen molar-refractivity contribution in [1.29, 1.82) is 0 Å². The molecule has 19 heavy (non-hydrogen) atoms. The van der Waals surface area contributed by atoms with Crippen molar-refractivity contribution in [2.45, 2.75) is 19.8 Å². The van der Waals surface area contributed by atoms with Crippen LogP contribution in [-0.4, -0.2) is 5.78 Å². The van der Waals surface area contributed by atoms with Gasteiger partial charge in [0.2, 0.25) is 0 Å². The number of ketones is 1. The van der Waals surface area contributed by atoms with Crippen LogP contribution in [0.5, 0.6) is 0 Å². The van der Waals surface area contributed by atoms with Crippen LogP contribution in [0.2, 0.25) is 0 Å². The molecule has 1 aromatic rings. The van der Waals surface area contributed by atoms with Gasteiger partial charge in [-0.25, -0.2) is 0 Å². The smallest absolute Gasteiger partial charge is 0.150 e. The van der Waals surface area contributed by atoms with Gasteiger partial charge in [-0.3, -0.25) is 4.79 Å². The summed E-state index contributed by atoms with van der Waals surface area (Å²) in [4.78, 5) is 12.7. The maximum atomic E-state index is 12.7. The van der Waals surface area contributed by atoms with Crippen LogP contribution in [0.1, 0.15) is 18.9 Å². The average molecular weight is 250 g/mol. The molecule has 96 valence electrons. The fourth-order valence-electron chi connectivity index (χ4n) is 3.13. The van der Waals surface area contributed by atoms with E-state index in [2.05, 4.69) is 31.2 Å². The Balaban J connectivity index is 1.87. The van der Waals surface area contributed by atoms with Crippen LogP contribution in [0.25, 0.3) is 0 Å². The first kappa shape index (κ1) is 12.2. The normalized spacial score (nSPS) is 29.0. The van der Waals surface area contributed by atoms with Crippen LogP contribution in [0, 0.1) is 11.3 Å². The Morgan fingerprint density at radius 1 is 1.16 bits per heavy atom. The Bertz CT molecular complexity index is 577. The van der Waals surface area contributed by atoms with Gasteiger partial charge in [0.25, 0.3) is 0 Å². The second-order valence-electron chi connectivity index (χ2n) is 5.59. The molecule has 0 unspecified atom stereocenters. The third kappa shape index (κ3) is 2.10. The Kier molecular flexibility index (Phi) is 2.98. The highest BCUT2D eigenvalue weighted by atomic mass is 16.1. The van der Waals surface area contributed by atoms with E-state index < -0.39 is 0 Å². The van der Waals surface area contributed by atoms with Gasteiger partial charge in [0.1, 0.15) is 5.78 Å². The molecule has 0 N–H and O–H groups in total. The van der Waals surface area contributed by atoms with E-state index in [-0.39, 0.29) is 11.3 Å². The van der Waals surface area contributed by atoms with E-state index in [1.165, 1.54) is 11.1 Å². The molecule has 0 heterocycles. The molecule has 2 aliphatic carbocycles. The second kappa shape index (κ2) is 4.65. The van der Waals surface area contributed by atoms with Crippen molar-refractivity contribution in [2.75, 3.05) is 0 Å². The summed E-state index contributed by atoms with van der Waals surface area (Å²) in [6.07, 6.45) is 11.9. The van der Waals surface area contributed by atoms with E-state index in [0.717, 1.165) is 12.8 Å². The molecular weight excluding hydrogens is 232 g/mol. The minimum atomic E-state index is -0.386. The molecule has 0 aliphatic heterocycles. The Hall–Kier alpha value is -1.89. The molecule has 0 spiro atoms. The lowest BCUT2D eigenvalue weighted by molar-refractivity contribution is -0.125. The van der Waals surface area contributed by atoms with Crippen molar-refractivity contribution in [1.82, 2.24) is 0 Å². The van der Waals surface area contributed by atoms with Gasteiger partial charge in [-0.15, -0.1) is 0 Å². The fraction of sp³-hybridized carbons (Fsp3) is 0.278. The largest absolute Gasteiger partial charge is 0.298 e. The lowest BCUT2D eigenvalue weighted by Crippen LogP contribution is -2.25. The van der Waals surface area contributed by atoms with Crippen LogP contribution in [0.4, 0.5) is 0 Å². The summed E-state index contributed by atoms with van der Waals surface area (Å²) in [7, 11) is 0. The molecule has 0 radical (unpaired) electrons. The van der Waals surface area contributed by atoms with Crippen molar-refractivity contribution in [3.05, 3.63) is 71.8 Å². The number of carbonyl (C=O) groups is 1. The van der Waals surface area contributed by atoms with Gasteiger partial charge in [-0.1, -0.05) is 66.3 Å². The molecule has 3 rings (SSSR count). The lowest BCUT2D eigenvalue weighted by Gasteiger charge is -2.19. The molecular formula is C18H18O. The first-order valence-electron chi connectivity index (χ1n) is 6.84.